The van der Waals surface area contributed by atoms with Crippen molar-refractivity contribution in [2.75, 3.05) is 6.61 Å². The van der Waals surface area contributed by atoms with E-state index >= 15 is 0 Å². The van der Waals surface area contributed by atoms with Gasteiger partial charge in [-0.1, -0.05) is 72.8 Å². The lowest BCUT2D eigenvalue weighted by atomic mass is 9.79. The van der Waals surface area contributed by atoms with Crippen molar-refractivity contribution in [3.05, 3.63) is 108 Å². The molecule has 148 valence electrons. The monoisotopic (exact) mass is 385 g/mol. The maximum atomic E-state index is 10.9. The molecule has 4 atom stereocenters. The molecule has 0 bridgehead atoms. The van der Waals surface area contributed by atoms with E-state index in [1.165, 1.54) is 5.56 Å². The smallest absolute Gasteiger partial charge is 0.0856 e. The number of aromatic nitrogens is 1. The Bertz CT molecular complexity index is 896. The first kappa shape index (κ1) is 19.6. The van der Waals surface area contributed by atoms with Gasteiger partial charge in [0.1, 0.15) is 0 Å². The van der Waals surface area contributed by atoms with Crippen molar-refractivity contribution in [2.45, 2.75) is 25.0 Å². The van der Waals surface area contributed by atoms with Gasteiger partial charge in [-0.2, -0.15) is 0 Å². The lowest BCUT2D eigenvalue weighted by molar-refractivity contribution is -0.0900. The average molecular weight is 386 g/mol. The highest BCUT2D eigenvalue weighted by atomic mass is 16.5. The summed E-state index contributed by atoms with van der Waals surface area (Å²) in [7, 11) is 0. The molecule has 0 unspecified atom stereocenters. The molecule has 1 fully saturated rings. The largest absolute Gasteiger partial charge is 0.388 e. The quantitative estimate of drug-likeness (QED) is 0.599. The lowest BCUT2D eigenvalue weighted by Gasteiger charge is -2.38. The van der Waals surface area contributed by atoms with E-state index in [9.17, 15) is 5.11 Å². The first-order chi connectivity index (χ1) is 14.3. The number of pyridine rings is 1. The third-order valence-electron chi connectivity index (χ3n) is 5.69. The van der Waals surface area contributed by atoms with Gasteiger partial charge >= 0.3 is 0 Å². The zero-order chi connectivity index (χ0) is 19.9. The van der Waals surface area contributed by atoms with E-state index in [0.29, 0.717) is 12.5 Å². The number of hydrogen-bond acceptors (Lipinski definition) is 3. The van der Waals surface area contributed by atoms with Gasteiger partial charge in [0, 0.05) is 18.3 Å². The fourth-order valence-corrected chi connectivity index (χ4v) is 4.17. The molecule has 3 heteroatoms. The molecule has 1 aromatic heterocycles. The van der Waals surface area contributed by atoms with Crippen LogP contribution in [0.4, 0.5) is 0 Å². The molecule has 0 aliphatic carbocycles. The Morgan fingerprint density at radius 1 is 0.966 bits per heavy atom. The van der Waals surface area contributed by atoms with Crippen LogP contribution in [0.25, 0.3) is 6.08 Å². The zero-order valence-electron chi connectivity index (χ0n) is 16.5. The molecule has 3 aromatic rings. The van der Waals surface area contributed by atoms with Crippen LogP contribution in [0.3, 0.4) is 0 Å². The fourth-order valence-electron chi connectivity index (χ4n) is 4.17. The Hall–Kier alpha value is -2.75. The minimum absolute atomic E-state index is 0.0533. The van der Waals surface area contributed by atoms with Crippen LogP contribution in [0.2, 0.25) is 0 Å². The number of aliphatic hydroxyl groups excluding tert-OH is 1. The average Bonchev–Trinajstić information content (AvgIpc) is 2.80. The van der Waals surface area contributed by atoms with Crippen molar-refractivity contribution in [1.82, 2.24) is 4.98 Å². The van der Waals surface area contributed by atoms with Crippen LogP contribution >= 0.6 is 0 Å². The van der Waals surface area contributed by atoms with Gasteiger partial charge in [0.05, 0.1) is 18.8 Å². The third kappa shape index (κ3) is 5.00. The maximum Gasteiger partial charge on any atom is 0.0856 e. The molecular formula is C26H27NO2. The number of ether oxygens (including phenoxy) is 1. The van der Waals surface area contributed by atoms with Crippen LogP contribution in [0.1, 0.15) is 41.7 Å². The second-order valence-electron chi connectivity index (χ2n) is 7.69. The van der Waals surface area contributed by atoms with E-state index in [1.807, 2.05) is 60.9 Å². The Morgan fingerprint density at radius 3 is 2.38 bits per heavy atom. The van der Waals surface area contributed by atoms with Gasteiger partial charge < -0.3 is 9.84 Å². The van der Waals surface area contributed by atoms with Crippen molar-refractivity contribution in [1.29, 1.82) is 0 Å². The Labute approximate surface area is 172 Å². The number of benzene rings is 2. The molecule has 3 nitrogen and oxygen atoms in total. The zero-order valence-corrected chi connectivity index (χ0v) is 16.5. The minimum atomic E-state index is -0.500. The first-order valence-corrected chi connectivity index (χ1v) is 10.3. The minimum Gasteiger partial charge on any atom is -0.388 e. The molecule has 1 aliphatic heterocycles. The lowest BCUT2D eigenvalue weighted by Crippen LogP contribution is -2.32. The SMILES string of the molecule is O[C@@H](c1ccccc1)[C@H]1CO[C@H](c2ccccc2)[C@@H](C/C=C/c2ccncc2)C1. The summed E-state index contributed by atoms with van der Waals surface area (Å²) in [4.78, 5) is 4.07. The first-order valence-electron chi connectivity index (χ1n) is 10.3. The highest BCUT2D eigenvalue weighted by Crippen LogP contribution is 2.42. The van der Waals surface area contributed by atoms with E-state index in [2.05, 4.69) is 41.4 Å². The molecule has 1 aliphatic rings. The van der Waals surface area contributed by atoms with Crippen LogP contribution in [-0.2, 0) is 4.74 Å². The van der Waals surface area contributed by atoms with Crippen molar-refractivity contribution in [3.63, 3.8) is 0 Å². The van der Waals surface area contributed by atoms with Crippen LogP contribution < -0.4 is 0 Å². The molecule has 0 radical (unpaired) electrons. The van der Waals surface area contributed by atoms with Gasteiger partial charge in [-0.15, -0.1) is 0 Å². The van der Waals surface area contributed by atoms with Gasteiger partial charge in [0.2, 0.25) is 0 Å². The normalized spacial score (nSPS) is 23.1. The van der Waals surface area contributed by atoms with E-state index in [1.54, 1.807) is 0 Å². The molecule has 2 aromatic carbocycles. The van der Waals surface area contributed by atoms with Gasteiger partial charge in [-0.25, -0.2) is 0 Å². The van der Waals surface area contributed by atoms with Crippen molar-refractivity contribution in [3.8, 4) is 0 Å². The van der Waals surface area contributed by atoms with E-state index in [4.69, 9.17) is 4.74 Å². The topological polar surface area (TPSA) is 42.4 Å². The van der Waals surface area contributed by atoms with Gasteiger partial charge in [-0.3, -0.25) is 4.98 Å². The van der Waals surface area contributed by atoms with Crippen molar-refractivity contribution >= 4 is 6.08 Å². The van der Waals surface area contributed by atoms with Gasteiger partial charge in [0.15, 0.2) is 0 Å². The van der Waals surface area contributed by atoms with Crippen LogP contribution in [0.5, 0.6) is 0 Å². The molecule has 2 heterocycles. The highest BCUT2D eigenvalue weighted by molar-refractivity contribution is 5.47. The standard InChI is InChI=1S/C26H27NO2/c28-25(21-9-3-1-4-10-21)24-18-23(13-7-8-20-14-16-27-17-15-20)26(29-19-24)22-11-5-2-6-12-22/h1-12,14-17,23-26,28H,13,18-19H2/b8-7+/t23-,24+,25-,26+/m0/s1. The molecule has 1 saturated heterocycles. The van der Waals surface area contributed by atoms with Crippen LogP contribution in [-0.4, -0.2) is 16.7 Å². The molecule has 0 saturated carbocycles. The van der Waals surface area contributed by atoms with Gasteiger partial charge in [0.25, 0.3) is 0 Å². The van der Waals surface area contributed by atoms with Crippen LogP contribution in [0, 0.1) is 11.8 Å². The van der Waals surface area contributed by atoms with Crippen molar-refractivity contribution in [2.24, 2.45) is 11.8 Å². The molecular weight excluding hydrogens is 358 g/mol. The summed E-state index contributed by atoms with van der Waals surface area (Å²) in [6.07, 6.45) is 9.36. The molecule has 4 rings (SSSR count). The van der Waals surface area contributed by atoms with Crippen LogP contribution in [0.15, 0.2) is 91.3 Å². The van der Waals surface area contributed by atoms with E-state index in [0.717, 1.165) is 24.0 Å². The number of hydrogen-bond donors (Lipinski definition) is 1. The summed E-state index contributed by atoms with van der Waals surface area (Å²) in [6, 6.07) is 24.4. The molecule has 0 spiro atoms. The fraction of sp³-hybridized carbons (Fsp3) is 0.269. The Balaban J connectivity index is 1.51. The number of allylic oxidation sites excluding steroid dienone is 1. The summed E-state index contributed by atoms with van der Waals surface area (Å²) in [5.41, 5.74) is 3.32. The second-order valence-corrected chi connectivity index (χ2v) is 7.69. The predicted octanol–water partition coefficient (Wildman–Crippen LogP) is 5.61. The Morgan fingerprint density at radius 2 is 1.66 bits per heavy atom. The van der Waals surface area contributed by atoms with E-state index < -0.39 is 6.10 Å². The molecule has 0 amide bonds. The summed E-state index contributed by atoms with van der Waals surface area (Å²) >= 11 is 0. The summed E-state index contributed by atoms with van der Waals surface area (Å²) in [6.45, 7) is 0.570. The highest BCUT2D eigenvalue weighted by Gasteiger charge is 2.35. The number of aliphatic hydroxyl groups is 1. The summed E-state index contributed by atoms with van der Waals surface area (Å²) in [5.74, 6) is 0.407. The van der Waals surface area contributed by atoms with E-state index in [-0.39, 0.29) is 12.0 Å². The Kier molecular flexibility index (Phi) is 6.50. The van der Waals surface area contributed by atoms with Crippen molar-refractivity contribution < 1.29 is 9.84 Å². The maximum absolute atomic E-state index is 10.9. The molecule has 1 N–H and O–H groups in total. The number of nitrogens with zero attached hydrogens (tertiary/aromatic N) is 1. The van der Waals surface area contributed by atoms with Gasteiger partial charge in [-0.05, 0) is 47.6 Å². The third-order valence-corrected chi connectivity index (χ3v) is 5.69. The molecule has 29 heavy (non-hydrogen) atoms. The number of rotatable bonds is 6. The predicted molar refractivity (Wildman–Crippen MR) is 116 cm³/mol. The summed E-state index contributed by atoms with van der Waals surface area (Å²) < 4.78 is 6.33. The summed E-state index contributed by atoms with van der Waals surface area (Å²) in [5, 5.41) is 10.9. The second kappa shape index (κ2) is 9.64.